The van der Waals surface area contributed by atoms with Crippen molar-refractivity contribution in [2.75, 3.05) is 45.6 Å². The summed E-state index contributed by atoms with van der Waals surface area (Å²) in [7, 11) is 1.77. The molecule has 0 amide bonds. The highest BCUT2D eigenvalue weighted by Gasteiger charge is 2.24. The van der Waals surface area contributed by atoms with E-state index in [4.69, 9.17) is 9.73 Å². The summed E-state index contributed by atoms with van der Waals surface area (Å²) in [5.41, 5.74) is 0. The van der Waals surface area contributed by atoms with Crippen LogP contribution in [0.2, 0.25) is 0 Å². The van der Waals surface area contributed by atoms with Crippen LogP contribution in [0.1, 0.15) is 32.6 Å². The van der Waals surface area contributed by atoms with Crippen LogP contribution in [0.25, 0.3) is 0 Å². The highest BCUT2D eigenvalue weighted by Crippen LogP contribution is 2.25. The van der Waals surface area contributed by atoms with Crippen LogP contribution in [-0.2, 0) is 4.74 Å². The topological polar surface area (TPSA) is 36.9 Å². The van der Waals surface area contributed by atoms with Gasteiger partial charge in [0, 0.05) is 50.5 Å². The van der Waals surface area contributed by atoms with Crippen molar-refractivity contribution in [3.8, 4) is 0 Å². The lowest BCUT2D eigenvalue weighted by Crippen LogP contribution is -2.40. The largest absolute Gasteiger partial charge is 0.385 e. The summed E-state index contributed by atoms with van der Waals surface area (Å²) in [6.45, 7) is 7.09. The highest BCUT2D eigenvalue weighted by atomic mass is 127. The molecule has 1 aliphatic rings. The summed E-state index contributed by atoms with van der Waals surface area (Å²) < 4.78 is 5.10. The Morgan fingerprint density at radius 1 is 1.27 bits per heavy atom. The summed E-state index contributed by atoms with van der Waals surface area (Å²) in [4.78, 5) is 8.64. The third-order valence-corrected chi connectivity index (χ3v) is 5.66. The van der Waals surface area contributed by atoms with Crippen molar-refractivity contribution in [2.24, 2.45) is 10.9 Å². The Kier molecular flexibility index (Phi) is 13.2. The first kappa shape index (κ1) is 23.6. The summed E-state index contributed by atoms with van der Waals surface area (Å²) in [5.74, 6) is 3.04. The van der Waals surface area contributed by atoms with Gasteiger partial charge < -0.3 is 15.0 Å². The maximum absolute atomic E-state index is 5.10. The van der Waals surface area contributed by atoms with E-state index in [1.54, 1.807) is 7.11 Å². The van der Waals surface area contributed by atoms with E-state index in [1.165, 1.54) is 23.5 Å². The molecule has 0 bridgehead atoms. The van der Waals surface area contributed by atoms with Gasteiger partial charge >= 0.3 is 0 Å². The Bertz CT molecular complexity index is 501. The number of benzene rings is 1. The van der Waals surface area contributed by atoms with Crippen LogP contribution >= 0.6 is 35.7 Å². The third kappa shape index (κ3) is 8.95. The first-order valence-electron chi connectivity index (χ1n) is 9.53. The third-order valence-electron chi connectivity index (χ3n) is 4.42. The molecule has 26 heavy (non-hydrogen) atoms. The van der Waals surface area contributed by atoms with Gasteiger partial charge in [-0.05, 0) is 50.7 Å². The average molecular weight is 491 g/mol. The normalized spacial score (nSPS) is 17.2. The van der Waals surface area contributed by atoms with E-state index in [0.29, 0.717) is 0 Å². The molecule has 1 saturated heterocycles. The molecule has 6 heteroatoms. The smallest absolute Gasteiger partial charge is 0.193 e. The van der Waals surface area contributed by atoms with Crippen LogP contribution < -0.4 is 5.32 Å². The highest BCUT2D eigenvalue weighted by molar-refractivity contribution is 14.0. The van der Waals surface area contributed by atoms with Gasteiger partial charge in [-0.3, -0.25) is 4.99 Å². The molecule has 148 valence electrons. The maximum atomic E-state index is 5.10. The number of hydrogen-bond donors (Lipinski definition) is 1. The Labute approximate surface area is 180 Å². The zero-order valence-corrected chi connectivity index (χ0v) is 19.3. The molecule has 0 spiro atoms. The molecule has 1 fully saturated rings. The number of likely N-dealkylation sites (tertiary alicyclic amines) is 1. The predicted octanol–water partition coefficient (Wildman–Crippen LogP) is 4.50. The van der Waals surface area contributed by atoms with Crippen molar-refractivity contribution in [3.05, 3.63) is 30.3 Å². The monoisotopic (exact) mass is 491 g/mol. The SMILES string of the molecule is CCNC(=NCCCCCOC)N1CCC(CSc2ccccc2)C1.I. The molecule has 2 rings (SSSR count). The molecule has 1 atom stereocenters. The van der Waals surface area contributed by atoms with Gasteiger partial charge in [0.05, 0.1) is 0 Å². The minimum Gasteiger partial charge on any atom is -0.385 e. The number of thioether (sulfide) groups is 1. The molecule has 1 N–H and O–H groups in total. The molecular formula is C20H34IN3OS. The van der Waals surface area contributed by atoms with Crippen molar-refractivity contribution in [1.82, 2.24) is 10.2 Å². The Morgan fingerprint density at radius 2 is 2.08 bits per heavy atom. The number of unbranched alkanes of at least 4 members (excludes halogenated alkanes) is 2. The van der Waals surface area contributed by atoms with E-state index in [9.17, 15) is 0 Å². The maximum Gasteiger partial charge on any atom is 0.193 e. The fourth-order valence-corrected chi connectivity index (χ4v) is 4.09. The molecule has 1 aliphatic heterocycles. The van der Waals surface area contributed by atoms with Crippen LogP contribution in [-0.4, -0.2) is 56.5 Å². The number of nitrogens with one attached hydrogen (secondary N) is 1. The lowest BCUT2D eigenvalue weighted by atomic mass is 10.2. The second kappa shape index (κ2) is 14.6. The first-order chi connectivity index (χ1) is 12.3. The van der Waals surface area contributed by atoms with E-state index >= 15 is 0 Å². The number of nitrogens with zero attached hydrogens (tertiary/aromatic N) is 2. The van der Waals surface area contributed by atoms with Gasteiger partial charge in [0.15, 0.2) is 5.96 Å². The van der Waals surface area contributed by atoms with Gasteiger partial charge in [0.25, 0.3) is 0 Å². The van der Waals surface area contributed by atoms with Crippen LogP contribution in [0, 0.1) is 5.92 Å². The van der Waals surface area contributed by atoms with Crippen molar-refractivity contribution in [3.63, 3.8) is 0 Å². The van der Waals surface area contributed by atoms with E-state index in [2.05, 4.69) is 47.5 Å². The molecule has 1 aromatic carbocycles. The number of ether oxygens (including phenoxy) is 1. The summed E-state index contributed by atoms with van der Waals surface area (Å²) in [6, 6.07) is 10.7. The quantitative estimate of drug-likeness (QED) is 0.172. The van der Waals surface area contributed by atoms with Crippen molar-refractivity contribution in [1.29, 1.82) is 0 Å². The minimum absolute atomic E-state index is 0. The second-order valence-electron chi connectivity index (χ2n) is 6.51. The van der Waals surface area contributed by atoms with Crippen LogP contribution in [0.3, 0.4) is 0 Å². The Morgan fingerprint density at radius 3 is 2.81 bits per heavy atom. The number of halogens is 1. The van der Waals surface area contributed by atoms with Gasteiger partial charge in [0.2, 0.25) is 0 Å². The number of methoxy groups -OCH3 is 1. The lowest BCUT2D eigenvalue weighted by Gasteiger charge is -2.21. The van der Waals surface area contributed by atoms with E-state index in [-0.39, 0.29) is 24.0 Å². The Balaban J connectivity index is 0.00000338. The summed E-state index contributed by atoms with van der Waals surface area (Å²) in [5, 5.41) is 3.47. The lowest BCUT2D eigenvalue weighted by molar-refractivity contribution is 0.192. The van der Waals surface area contributed by atoms with Crippen LogP contribution in [0.15, 0.2) is 40.2 Å². The molecule has 0 aliphatic carbocycles. The Hall–Kier alpha value is -0.470. The summed E-state index contributed by atoms with van der Waals surface area (Å²) in [6.07, 6.45) is 4.72. The second-order valence-corrected chi connectivity index (χ2v) is 7.61. The molecule has 0 aromatic heterocycles. The van der Waals surface area contributed by atoms with Crippen molar-refractivity contribution < 1.29 is 4.74 Å². The molecule has 1 heterocycles. The van der Waals surface area contributed by atoms with Gasteiger partial charge in [-0.25, -0.2) is 0 Å². The van der Waals surface area contributed by atoms with Gasteiger partial charge in [0.1, 0.15) is 0 Å². The van der Waals surface area contributed by atoms with Crippen molar-refractivity contribution in [2.45, 2.75) is 37.5 Å². The molecule has 1 aromatic rings. The van der Waals surface area contributed by atoms with E-state index in [1.807, 2.05) is 11.8 Å². The zero-order valence-electron chi connectivity index (χ0n) is 16.2. The molecule has 0 radical (unpaired) electrons. The number of rotatable bonds is 10. The van der Waals surface area contributed by atoms with Crippen LogP contribution in [0.4, 0.5) is 0 Å². The van der Waals surface area contributed by atoms with Gasteiger partial charge in [-0.15, -0.1) is 35.7 Å². The van der Waals surface area contributed by atoms with Crippen molar-refractivity contribution >= 4 is 41.7 Å². The molecule has 0 saturated carbocycles. The summed E-state index contributed by atoms with van der Waals surface area (Å²) >= 11 is 1.98. The number of hydrogen-bond acceptors (Lipinski definition) is 3. The fraction of sp³-hybridized carbons (Fsp3) is 0.650. The minimum atomic E-state index is 0. The van der Waals surface area contributed by atoms with E-state index < -0.39 is 0 Å². The van der Waals surface area contributed by atoms with Gasteiger partial charge in [-0.2, -0.15) is 0 Å². The molecular weight excluding hydrogens is 457 g/mol. The first-order valence-corrected chi connectivity index (χ1v) is 10.5. The van der Waals surface area contributed by atoms with E-state index in [0.717, 1.165) is 57.5 Å². The van der Waals surface area contributed by atoms with Crippen LogP contribution in [0.5, 0.6) is 0 Å². The molecule has 1 unspecified atom stereocenters. The number of aliphatic imine (C=N–C) groups is 1. The number of guanidine groups is 1. The predicted molar refractivity (Wildman–Crippen MR) is 124 cm³/mol. The zero-order chi connectivity index (χ0) is 17.7. The standard InChI is InChI=1S/C20H33N3OS.HI/c1-3-21-20(22-13-8-5-9-15-24-2)23-14-12-18(16-23)17-25-19-10-6-4-7-11-19;/h4,6-7,10-11,18H,3,5,8-9,12-17H2,1-2H3,(H,21,22);1H. The fourth-order valence-electron chi connectivity index (χ4n) is 3.04. The molecule has 4 nitrogen and oxygen atoms in total. The average Bonchev–Trinajstić information content (AvgIpc) is 3.12. The van der Waals surface area contributed by atoms with Gasteiger partial charge in [-0.1, -0.05) is 18.2 Å².